The standard InChI is InChI=1S/C8H10NO3/c1-12-6-7-2-4-8(5-3-7)9(10)11/h2-5,10H,6H2,1H3/q-1. The van der Waals surface area contributed by atoms with Crippen LogP contribution in [0.4, 0.5) is 5.69 Å². The van der Waals surface area contributed by atoms with Gasteiger partial charge < -0.3 is 15.2 Å². The maximum absolute atomic E-state index is 10.4. The van der Waals surface area contributed by atoms with Gasteiger partial charge in [0.2, 0.25) is 0 Å². The second-order valence-corrected chi connectivity index (χ2v) is 2.37. The van der Waals surface area contributed by atoms with E-state index in [1.165, 1.54) is 12.1 Å². The van der Waals surface area contributed by atoms with E-state index in [1.807, 2.05) is 0 Å². The van der Waals surface area contributed by atoms with Gasteiger partial charge >= 0.3 is 0 Å². The van der Waals surface area contributed by atoms with E-state index in [0.29, 0.717) is 6.61 Å². The Bertz CT molecular complexity index is 233. The minimum absolute atomic E-state index is 0.170. The van der Waals surface area contributed by atoms with Crippen LogP contribution in [-0.4, -0.2) is 12.3 Å². The Kier molecular flexibility index (Phi) is 3.04. The first-order valence-electron chi connectivity index (χ1n) is 3.48. The molecule has 4 heteroatoms. The number of methoxy groups -OCH3 is 1. The van der Waals surface area contributed by atoms with Gasteiger partial charge in [0, 0.05) is 7.11 Å². The fourth-order valence-corrected chi connectivity index (χ4v) is 0.886. The molecule has 1 N–H and O–H groups in total. The normalized spacial score (nSPS) is 9.92. The third kappa shape index (κ3) is 2.20. The summed E-state index contributed by atoms with van der Waals surface area (Å²) in [5.41, 5.74) is 1.18. The van der Waals surface area contributed by atoms with Crippen molar-refractivity contribution in [1.29, 1.82) is 0 Å². The molecule has 0 saturated carbocycles. The van der Waals surface area contributed by atoms with Crippen LogP contribution in [0, 0.1) is 5.21 Å². The number of benzene rings is 1. The van der Waals surface area contributed by atoms with Crippen LogP contribution in [0.2, 0.25) is 0 Å². The first kappa shape index (κ1) is 8.99. The Morgan fingerprint density at radius 1 is 1.42 bits per heavy atom. The number of anilines is 1. The molecule has 0 unspecified atom stereocenters. The molecule has 0 heterocycles. The predicted octanol–water partition coefficient (Wildman–Crippen LogP) is 1.53. The molecule has 0 saturated heterocycles. The van der Waals surface area contributed by atoms with Crippen LogP contribution < -0.4 is 5.23 Å². The van der Waals surface area contributed by atoms with Crippen molar-refractivity contribution in [3.63, 3.8) is 0 Å². The molecule has 0 amide bonds. The summed E-state index contributed by atoms with van der Waals surface area (Å²) in [5, 5.41) is 18.7. The first-order valence-corrected chi connectivity index (χ1v) is 3.48. The highest BCUT2D eigenvalue weighted by Crippen LogP contribution is 2.12. The lowest BCUT2D eigenvalue weighted by Crippen LogP contribution is -2.06. The van der Waals surface area contributed by atoms with E-state index in [2.05, 4.69) is 0 Å². The van der Waals surface area contributed by atoms with Crippen LogP contribution >= 0.6 is 0 Å². The minimum Gasteiger partial charge on any atom is -0.733 e. The van der Waals surface area contributed by atoms with Crippen molar-refractivity contribution < 1.29 is 9.94 Å². The maximum Gasteiger partial charge on any atom is 0.0713 e. The highest BCUT2D eigenvalue weighted by atomic mass is 16.8. The van der Waals surface area contributed by atoms with Gasteiger partial charge in [-0.05, 0) is 17.7 Å². The topological polar surface area (TPSA) is 55.8 Å². The van der Waals surface area contributed by atoms with Crippen molar-refractivity contribution in [2.24, 2.45) is 0 Å². The molecule has 12 heavy (non-hydrogen) atoms. The summed E-state index contributed by atoms with van der Waals surface area (Å²) in [4.78, 5) is 0. The molecule has 66 valence electrons. The van der Waals surface area contributed by atoms with E-state index < -0.39 is 0 Å². The van der Waals surface area contributed by atoms with Crippen molar-refractivity contribution in [1.82, 2.24) is 0 Å². The summed E-state index contributed by atoms with van der Waals surface area (Å²) in [6.45, 7) is 0.505. The molecule has 0 aromatic heterocycles. The van der Waals surface area contributed by atoms with Crippen molar-refractivity contribution in [3.8, 4) is 0 Å². The molecule has 0 atom stereocenters. The highest BCUT2D eigenvalue weighted by Gasteiger charge is 1.93. The van der Waals surface area contributed by atoms with Gasteiger partial charge in [-0.25, -0.2) is 0 Å². The van der Waals surface area contributed by atoms with Gasteiger partial charge in [0.15, 0.2) is 0 Å². The molecule has 4 nitrogen and oxygen atoms in total. The second kappa shape index (κ2) is 4.06. The van der Waals surface area contributed by atoms with Crippen molar-refractivity contribution in [3.05, 3.63) is 35.0 Å². The number of ether oxygens (including phenoxy) is 1. The molecule has 0 bridgehead atoms. The molecule has 0 fully saturated rings. The average Bonchev–Trinajstić information content (AvgIpc) is 2.06. The van der Waals surface area contributed by atoms with E-state index in [1.54, 1.807) is 19.2 Å². The van der Waals surface area contributed by atoms with Gasteiger partial charge in [-0.2, -0.15) is 0 Å². The lowest BCUT2D eigenvalue weighted by atomic mass is 10.2. The monoisotopic (exact) mass is 168 g/mol. The summed E-state index contributed by atoms with van der Waals surface area (Å²) in [7, 11) is 1.60. The van der Waals surface area contributed by atoms with E-state index in [-0.39, 0.29) is 10.9 Å². The zero-order valence-electron chi connectivity index (χ0n) is 6.73. The van der Waals surface area contributed by atoms with Gasteiger partial charge in [-0.1, -0.05) is 12.1 Å². The van der Waals surface area contributed by atoms with Gasteiger partial charge in [0.1, 0.15) is 0 Å². The van der Waals surface area contributed by atoms with Crippen LogP contribution in [0.25, 0.3) is 0 Å². The van der Waals surface area contributed by atoms with Crippen LogP contribution in [0.5, 0.6) is 0 Å². The molecule has 0 aliphatic heterocycles. The zero-order chi connectivity index (χ0) is 8.97. The Morgan fingerprint density at radius 2 is 2.00 bits per heavy atom. The molecule has 0 aliphatic carbocycles. The Labute approximate surface area is 70.5 Å². The largest absolute Gasteiger partial charge is 0.733 e. The van der Waals surface area contributed by atoms with E-state index >= 15 is 0 Å². The van der Waals surface area contributed by atoms with Gasteiger partial charge in [0.25, 0.3) is 0 Å². The second-order valence-electron chi connectivity index (χ2n) is 2.37. The van der Waals surface area contributed by atoms with Crippen molar-refractivity contribution in [2.45, 2.75) is 6.61 Å². The summed E-state index contributed by atoms with van der Waals surface area (Å²) < 4.78 is 4.87. The molecular formula is C8H10NO3-. The molecular weight excluding hydrogens is 158 g/mol. The fourth-order valence-electron chi connectivity index (χ4n) is 0.886. The number of nitrogens with zero attached hydrogens (tertiary/aromatic N) is 1. The van der Waals surface area contributed by atoms with E-state index in [4.69, 9.17) is 9.94 Å². The quantitative estimate of drug-likeness (QED) is 0.695. The molecule has 1 rings (SSSR count). The molecule has 0 radical (unpaired) electrons. The third-order valence-corrected chi connectivity index (χ3v) is 1.47. The van der Waals surface area contributed by atoms with Crippen LogP contribution in [0.15, 0.2) is 24.3 Å². The van der Waals surface area contributed by atoms with Crippen LogP contribution in [0.1, 0.15) is 5.56 Å². The Morgan fingerprint density at radius 3 is 2.42 bits per heavy atom. The van der Waals surface area contributed by atoms with Crippen molar-refractivity contribution in [2.75, 3.05) is 12.3 Å². The van der Waals surface area contributed by atoms with Crippen molar-refractivity contribution >= 4 is 5.69 Å². The Balaban J connectivity index is 2.71. The number of rotatable bonds is 3. The number of hydrogen-bond donors (Lipinski definition) is 1. The van der Waals surface area contributed by atoms with E-state index in [9.17, 15) is 5.21 Å². The summed E-state index contributed by atoms with van der Waals surface area (Å²) in [6.07, 6.45) is 0. The Hall–Kier alpha value is -1.10. The van der Waals surface area contributed by atoms with Gasteiger partial charge in [-0.15, -0.1) is 0 Å². The molecule has 0 aliphatic rings. The minimum atomic E-state index is -0.170. The SMILES string of the molecule is COCc1ccc(N([O-])O)cc1. The summed E-state index contributed by atoms with van der Waals surface area (Å²) >= 11 is 0. The lowest BCUT2D eigenvalue weighted by Gasteiger charge is -2.21. The first-order chi connectivity index (χ1) is 5.74. The third-order valence-electron chi connectivity index (χ3n) is 1.47. The number of hydrogen-bond acceptors (Lipinski definition) is 4. The fraction of sp³-hybridized carbons (Fsp3) is 0.250. The smallest absolute Gasteiger partial charge is 0.0713 e. The molecule has 1 aromatic carbocycles. The lowest BCUT2D eigenvalue weighted by molar-refractivity contribution is 0.185. The zero-order valence-corrected chi connectivity index (χ0v) is 6.73. The summed E-state index contributed by atoms with van der Waals surface area (Å²) in [6, 6.07) is 6.50. The summed E-state index contributed by atoms with van der Waals surface area (Å²) in [5.74, 6) is 0. The maximum atomic E-state index is 10.4. The van der Waals surface area contributed by atoms with E-state index in [0.717, 1.165) is 5.56 Å². The van der Waals surface area contributed by atoms with Gasteiger partial charge in [-0.3, -0.25) is 5.21 Å². The molecule has 0 spiro atoms. The molecule has 1 aromatic rings. The average molecular weight is 168 g/mol. The highest BCUT2D eigenvalue weighted by molar-refractivity contribution is 5.45. The van der Waals surface area contributed by atoms with Crippen LogP contribution in [-0.2, 0) is 11.3 Å². The predicted molar refractivity (Wildman–Crippen MR) is 44.8 cm³/mol. The van der Waals surface area contributed by atoms with Gasteiger partial charge in [0.05, 0.1) is 12.3 Å². The van der Waals surface area contributed by atoms with Crippen LogP contribution in [0.3, 0.4) is 0 Å².